The molecule has 0 saturated carbocycles. The van der Waals surface area contributed by atoms with Crippen LogP contribution in [0, 0.1) is 5.82 Å². The molecule has 0 amide bonds. The lowest BCUT2D eigenvalue weighted by Gasteiger charge is -2.04. The number of hydrogen-bond donors (Lipinski definition) is 1. The standard InChI is InChI=1S/C13H11FN2O3S/c1-19-12(18)9-3-2-8(6-10(9)14)7-20-13-15-5-4-11(17)16-13/h2-6H,7H2,1H3,(H,15,16,17). The van der Waals surface area contributed by atoms with Gasteiger partial charge in [-0.25, -0.2) is 14.2 Å². The normalized spacial score (nSPS) is 10.3. The van der Waals surface area contributed by atoms with Gasteiger partial charge in [-0.3, -0.25) is 4.79 Å². The zero-order valence-corrected chi connectivity index (χ0v) is 11.4. The summed E-state index contributed by atoms with van der Waals surface area (Å²) in [6.45, 7) is 0. The van der Waals surface area contributed by atoms with Crippen LogP contribution in [-0.2, 0) is 10.5 Å². The average molecular weight is 294 g/mol. The summed E-state index contributed by atoms with van der Waals surface area (Å²) in [6, 6.07) is 5.58. The predicted octanol–water partition coefficient (Wildman–Crippen LogP) is 1.99. The van der Waals surface area contributed by atoms with Gasteiger partial charge in [0.05, 0.1) is 12.7 Å². The number of carbonyl (C=O) groups excluding carboxylic acids is 1. The molecule has 1 N–H and O–H groups in total. The highest BCUT2D eigenvalue weighted by molar-refractivity contribution is 7.98. The van der Waals surface area contributed by atoms with Crippen molar-refractivity contribution in [3.63, 3.8) is 0 Å². The number of halogens is 1. The lowest BCUT2D eigenvalue weighted by molar-refractivity contribution is 0.0595. The van der Waals surface area contributed by atoms with Crippen molar-refractivity contribution in [2.45, 2.75) is 10.9 Å². The third kappa shape index (κ3) is 3.45. The number of carbonyl (C=O) groups is 1. The molecule has 0 saturated heterocycles. The van der Waals surface area contributed by atoms with E-state index in [1.165, 1.54) is 43.3 Å². The minimum atomic E-state index is -0.712. The van der Waals surface area contributed by atoms with Gasteiger partial charge in [-0.2, -0.15) is 0 Å². The maximum Gasteiger partial charge on any atom is 0.340 e. The Morgan fingerprint density at radius 1 is 1.45 bits per heavy atom. The summed E-state index contributed by atoms with van der Waals surface area (Å²) in [5.41, 5.74) is 0.328. The molecule has 1 aromatic heterocycles. The monoisotopic (exact) mass is 294 g/mol. The zero-order chi connectivity index (χ0) is 14.5. The van der Waals surface area contributed by atoms with E-state index in [1.54, 1.807) is 6.07 Å². The molecule has 0 aliphatic heterocycles. The number of benzene rings is 1. The Morgan fingerprint density at radius 3 is 2.90 bits per heavy atom. The second-order valence-corrected chi connectivity index (χ2v) is 4.80. The molecular weight excluding hydrogens is 283 g/mol. The molecule has 0 fully saturated rings. The maximum atomic E-state index is 13.7. The van der Waals surface area contributed by atoms with Crippen molar-refractivity contribution >= 4 is 17.7 Å². The molecule has 2 rings (SSSR count). The topological polar surface area (TPSA) is 72.0 Å². The summed E-state index contributed by atoms with van der Waals surface area (Å²) in [6.07, 6.45) is 1.40. The SMILES string of the molecule is COC(=O)c1ccc(CSc2nccc(=O)[nH]2)cc1F. The van der Waals surface area contributed by atoms with Crippen molar-refractivity contribution in [1.82, 2.24) is 9.97 Å². The van der Waals surface area contributed by atoms with Crippen molar-refractivity contribution < 1.29 is 13.9 Å². The second-order valence-electron chi connectivity index (χ2n) is 3.83. The highest BCUT2D eigenvalue weighted by Crippen LogP contribution is 2.20. The van der Waals surface area contributed by atoms with Crippen LogP contribution in [0.4, 0.5) is 4.39 Å². The Balaban J connectivity index is 2.09. The summed E-state index contributed by atoms with van der Waals surface area (Å²) < 4.78 is 18.2. The third-order valence-corrected chi connectivity index (χ3v) is 3.42. The van der Waals surface area contributed by atoms with E-state index in [-0.39, 0.29) is 11.1 Å². The lowest BCUT2D eigenvalue weighted by Crippen LogP contribution is -2.06. The van der Waals surface area contributed by atoms with Crippen LogP contribution in [0.15, 0.2) is 40.4 Å². The van der Waals surface area contributed by atoms with Crippen LogP contribution >= 0.6 is 11.8 Å². The fourth-order valence-electron chi connectivity index (χ4n) is 1.50. The molecule has 0 aliphatic rings. The van der Waals surface area contributed by atoms with E-state index in [9.17, 15) is 14.0 Å². The number of H-pyrrole nitrogens is 1. The van der Waals surface area contributed by atoms with E-state index in [0.717, 1.165) is 0 Å². The maximum absolute atomic E-state index is 13.7. The number of methoxy groups -OCH3 is 1. The molecule has 0 spiro atoms. The largest absolute Gasteiger partial charge is 0.465 e. The predicted molar refractivity (Wildman–Crippen MR) is 72.2 cm³/mol. The molecule has 0 aliphatic carbocycles. The summed E-state index contributed by atoms with van der Waals surface area (Å²) in [5, 5.41) is 0.454. The molecule has 2 aromatic rings. The van der Waals surface area contributed by atoms with Crippen molar-refractivity contribution in [1.29, 1.82) is 0 Å². The zero-order valence-electron chi connectivity index (χ0n) is 10.6. The smallest absolute Gasteiger partial charge is 0.340 e. The Hall–Kier alpha value is -2.15. The van der Waals surface area contributed by atoms with Crippen LogP contribution < -0.4 is 5.56 Å². The molecular formula is C13H11FN2O3S. The van der Waals surface area contributed by atoms with Crippen molar-refractivity contribution in [3.05, 3.63) is 57.8 Å². The first-order valence-electron chi connectivity index (χ1n) is 5.65. The lowest BCUT2D eigenvalue weighted by atomic mass is 10.1. The number of aromatic amines is 1. The van der Waals surface area contributed by atoms with Crippen molar-refractivity contribution in [2.24, 2.45) is 0 Å². The van der Waals surface area contributed by atoms with E-state index >= 15 is 0 Å². The Labute approximate surface area is 118 Å². The molecule has 104 valence electrons. The van der Waals surface area contributed by atoms with E-state index in [2.05, 4.69) is 14.7 Å². The quantitative estimate of drug-likeness (QED) is 0.530. The molecule has 1 heterocycles. The summed E-state index contributed by atoms with van der Waals surface area (Å²) >= 11 is 1.27. The van der Waals surface area contributed by atoms with Crippen LogP contribution in [0.1, 0.15) is 15.9 Å². The number of hydrogen-bond acceptors (Lipinski definition) is 5. The van der Waals surface area contributed by atoms with Gasteiger partial charge in [-0.15, -0.1) is 0 Å². The average Bonchev–Trinajstić information content (AvgIpc) is 2.44. The Bertz CT molecular complexity index is 687. The first-order valence-corrected chi connectivity index (χ1v) is 6.63. The third-order valence-electron chi connectivity index (χ3n) is 2.46. The van der Waals surface area contributed by atoms with E-state index in [1.807, 2.05) is 0 Å². The molecule has 7 heteroatoms. The Kier molecular flexibility index (Phi) is 4.52. The minimum absolute atomic E-state index is 0.104. The van der Waals surface area contributed by atoms with Crippen molar-refractivity contribution in [2.75, 3.05) is 7.11 Å². The van der Waals surface area contributed by atoms with Gasteiger partial charge >= 0.3 is 5.97 Å². The highest BCUT2D eigenvalue weighted by Gasteiger charge is 2.12. The fraction of sp³-hybridized carbons (Fsp3) is 0.154. The highest BCUT2D eigenvalue weighted by atomic mass is 32.2. The van der Waals surface area contributed by atoms with Gasteiger partial charge in [0.1, 0.15) is 5.82 Å². The van der Waals surface area contributed by atoms with Gasteiger partial charge in [0, 0.05) is 18.0 Å². The summed E-state index contributed by atoms with van der Waals surface area (Å²) in [4.78, 5) is 28.9. The number of nitrogens with one attached hydrogen (secondary N) is 1. The van der Waals surface area contributed by atoms with Crippen molar-refractivity contribution in [3.8, 4) is 0 Å². The number of esters is 1. The van der Waals surface area contributed by atoms with E-state index < -0.39 is 11.8 Å². The second kappa shape index (κ2) is 6.33. The fourth-order valence-corrected chi connectivity index (χ4v) is 2.29. The molecule has 0 radical (unpaired) electrons. The van der Waals surface area contributed by atoms with Crippen LogP contribution in [0.3, 0.4) is 0 Å². The van der Waals surface area contributed by atoms with E-state index in [0.29, 0.717) is 16.5 Å². The number of aromatic nitrogens is 2. The van der Waals surface area contributed by atoms with Gasteiger partial charge in [-0.1, -0.05) is 17.8 Å². The van der Waals surface area contributed by atoms with Gasteiger partial charge in [-0.05, 0) is 17.7 Å². The molecule has 0 unspecified atom stereocenters. The summed E-state index contributed by atoms with van der Waals surface area (Å²) in [5.74, 6) is -0.925. The van der Waals surface area contributed by atoms with Gasteiger partial charge in [0.15, 0.2) is 5.16 Å². The number of ether oxygens (including phenoxy) is 1. The number of rotatable bonds is 4. The minimum Gasteiger partial charge on any atom is -0.465 e. The first kappa shape index (κ1) is 14.3. The van der Waals surface area contributed by atoms with Crippen LogP contribution in [0.5, 0.6) is 0 Å². The van der Waals surface area contributed by atoms with Crippen LogP contribution in [0.25, 0.3) is 0 Å². The van der Waals surface area contributed by atoms with Gasteiger partial charge < -0.3 is 9.72 Å². The number of thioether (sulfide) groups is 1. The first-order chi connectivity index (χ1) is 9.60. The molecule has 5 nitrogen and oxygen atoms in total. The molecule has 0 atom stereocenters. The number of nitrogens with zero attached hydrogens (tertiary/aromatic N) is 1. The van der Waals surface area contributed by atoms with Crippen LogP contribution in [-0.4, -0.2) is 23.0 Å². The molecule has 20 heavy (non-hydrogen) atoms. The van der Waals surface area contributed by atoms with Gasteiger partial charge in [0.25, 0.3) is 5.56 Å². The molecule has 1 aromatic carbocycles. The van der Waals surface area contributed by atoms with Gasteiger partial charge in [0.2, 0.25) is 0 Å². The Morgan fingerprint density at radius 2 is 2.25 bits per heavy atom. The van der Waals surface area contributed by atoms with E-state index in [4.69, 9.17) is 0 Å². The molecule has 0 bridgehead atoms. The summed E-state index contributed by atoms with van der Waals surface area (Å²) in [7, 11) is 1.20. The van der Waals surface area contributed by atoms with Crippen LogP contribution in [0.2, 0.25) is 0 Å².